The smallest absolute Gasteiger partial charge is 0.312 e. The van der Waals surface area contributed by atoms with Crippen LogP contribution in [0.1, 0.15) is 27.2 Å². The van der Waals surface area contributed by atoms with E-state index in [4.69, 9.17) is 4.74 Å². The molecule has 4 nitrogen and oxygen atoms in total. The molecule has 3 rings (SSSR count). The summed E-state index contributed by atoms with van der Waals surface area (Å²) in [6.45, 7) is 3.55. The van der Waals surface area contributed by atoms with Gasteiger partial charge in [0.25, 0.3) is 0 Å². The van der Waals surface area contributed by atoms with E-state index >= 15 is 0 Å². The Morgan fingerprint density at radius 1 is 1.16 bits per heavy atom. The molecule has 0 aliphatic carbocycles. The summed E-state index contributed by atoms with van der Waals surface area (Å²) in [6, 6.07) is 9.62. The van der Waals surface area contributed by atoms with E-state index in [1.807, 2.05) is 54.9 Å². The van der Waals surface area contributed by atoms with Gasteiger partial charge in [0, 0.05) is 10.9 Å². The second-order valence-corrected chi connectivity index (χ2v) is 7.51. The van der Waals surface area contributed by atoms with E-state index in [1.54, 1.807) is 11.3 Å². The summed E-state index contributed by atoms with van der Waals surface area (Å²) < 4.78 is 5.14. The molecule has 0 aliphatic heterocycles. The highest BCUT2D eigenvalue weighted by atomic mass is 32.1. The Morgan fingerprint density at radius 2 is 2.00 bits per heavy atom. The Balaban J connectivity index is 1.56. The number of aromatic nitrogens is 1. The van der Waals surface area contributed by atoms with Gasteiger partial charge < -0.3 is 4.74 Å². The number of carbonyl (C=O) groups excluding carboxylic acids is 2. The van der Waals surface area contributed by atoms with Crippen molar-refractivity contribution in [3.05, 3.63) is 63.5 Å². The van der Waals surface area contributed by atoms with Gasteiger partial charge in [0.2, 0.25) is 5.78 Å². The van der Waals surface area contributed by atoms with Gasteiger partial charge >= 0.3 is 5.97 Å². The maximum Gasteiger partial charge on any atom is 0.312 e. The minimum Gasteiger partial charge on any atom is -0.457 e. The lowest BCUT2D eigenvalue weighted by molar-refractivity contribution is -0.141. The first-order valence-corrected chi connectivity index (χ1v) is 9.53. The summed E-state index contributed by atoms with van der Waals surface area (Å²) in [5, 5.41) is 4.73. The molecular weight excluding hydrogens is 354 g/mol. The molecule has 2 aromatic heterocycles. The molecule has 0 radical (unpaired) electrons. The fourth-order valence-corrected chi connectivity index (χ4v) is 3.99. The zero-order valence-corrected chi connectivity index (χ0v) is 15.6. The van der Waals surface area contributed by atoms with Crippen LogP contribution in [0.15, 0.2) is 41.1 Å². The predicted octanol–water partition coefficient (Wildman–Crippen LogP) is 4.46. The molecule has 0 unspecified atom stereocenters. The molecule has 0 bridgehead atoms. The van der Waals surface area contributed by atoms with Crippen LogP contribution in [-0.2, 0) is 16.0 Å². The summed E-state index contributed by atoms with van der Waals surface area (Å²) >= 11 is 3.11. The van der Waals surface area contributed by atoms with Crippen LogP contribution in [0.3, 0.4) is 0 Å². The number of thiophene rings is 1. The Hall–Kier alpha value is -2.31. The zero-order chi connectivity index (χ0) is 17.8. The largest absolute Gasteiger partial charge is 0.457 e. The first kappa shape index (κ1) is 17.5. The minimum absolute atomic E-state index is 0.0714. The third-order valence-electron chi connectivity index (χ3n) is 3.67. The number of thiazole rings is 1. The maximum absolute atomic E-state index is 12.2. The lowest BCUT2D eigenvalue weighted by Gasteiger charge is -2.07. The van der Waals surface area contributed by atoms with E-state index in [0.29, 0.717) is 11.3 Å². The fraction of sp³-hybridized carbons (Fsp3) is 0.211. The molecular formula is C19H17NO3S2. The molecule has 0 atom stereocenters. The highest BCUT2D eigenvalue weighted by molar-refractivity contribution is 7.20. The van der Waals surface area contributed by atoms with E-state index in [-0.39, 0.29) is 18.8 Å². The topological polar surface area (TPSA) is 56.3 Å². The Labute approximate surface area is 154 Å². The molecule has 0 saturated carbocycles. The van der Waals surface area contributed by atoms with E-state index < -0.39 is 5.97 Å². The van der Waals surface area contributed by atoms with Crippen LogP contribution in [-0.4, -0.2) is 23.3 Å². The number of ketones is 1. The van der Waals surface area contributed by atoms with Gasteiger partial charge in [0.1, 0.15) is 5.01 Å². The lowest BCUT2D eigenvalue weighted by Crippen LogP contribution is -2.16. The fourth-order valence-electron chi connectivity index (χ4n) is 2.36. The summed E-state index contributed by atoms with van der Waals surface area (Å²) in [7, 11) is 0. The molecule has 2 heterocycles. The van der Waals surface area contributed by atoms with Crippen molar-refractivity contribution in [2.75, 3.05) is 6.61 Å². The summed E-state index contributed by atoms with van der Waals surface area (Å²) in [5.41, 5.74) is 3.15. The van der Waals surface area contributed by atoms with Crippen molar-refractivity contribution in [2.24, 2.45) is 0 Å². The summed E-state index contributed by atoms with van der Waals surface area (Å²) in [4.78, 5) is 29.8. The van der Waals surface area contributed by atoms with E-state index in [9.17, 15) is 9.59 Å². The maximum atomic E-state index is 12.2. The Morgan fingerprint density at radius 3 is 2.76 bits per heavy atom. The second kappa shape index (κ2) is 7.72. The monoisotopic (exact) mass is 371 g/mol. The van der Waals surface area contributed by atoms with Gasteiger partial charge in [-0.3, -0.25) is 9.59 Å². The van der Waals surface area contributed by atoms with Crippen molar-refractivity contribution in [3.8, 4) is 9.88 Å². The number of esters is 1. The van der Waals surface area contributed by atoms with Crippen molar-refractivity contribution in [1.82, 2.24) is 4.98 Å². The van der Waals surface area contributed by atoms with Gasteiger partial charge in [-0.15, -0.1) is 22.7 Å². The van der Waals surface area contributed by atoms with Gasteiger partial charge in [0.05, 0.1) is 17.0 Å². The molecule has 128 valence electrons. The van der Waals surface area contributed by atoms with Gasteiger partial charge in [-0.1, -0.05) is 23.8 Å². The number of rotatable bonds is 6. The van der Waals surface area contributed by atoms with E-state index in [0.717, 1.165) is 21.0 Å². The molecule has 3 aromatic rings. The van der Waals surface area contributed by atoms with Gasteiger partial charge in [-0.05, 0) is 36.9 Å². The lowest BCUT2D eigenvalue weighted by atomic mass is 10.0. The third-order valence-corrected chi connectivity index (χ3v) is 5.60. The highest BCUT2D eigenvalue weighted by Gasteiger charge is 2.14. The van der Waals surface area contributed by atoms with Crippen molar-refractivity contribution in [2.45, 2.75) is 20.3 Å². The standard InChI is InChI=1S/C19H17NO3S2/c1-12-5-6-13(2)15(8-12)16(21)10-23-18(22)9-14-11-25-19(20-14)17-4-3-7-24-17/h3-8,11H,9-10H2,1-2H3. The molecule has 6 heteroatoms. The average molecular weight is 371 g/mol. The van der Waals surface area contributed by atoms with E-state index in [2.05, 4.69) is 4.98 Å². The van der Waals surface area contributed by atoms with Crippen molar-refractivity contribution < 1.29 is 14.3 Å². The minimum atomic E-state index is -0.443. The number of ether oxygens (including phenoxy) is 1. The van der Waals surface area contributed by atoms with Crippen molar-refractivity contribution in [1.29, 1.82) is 0 Å². The number of hydrogen-bond acceptors (Lipinski definition) is 6. The van der Waals surface area contributed by atoms with Crippen LogP contribution < -0.4 is 0 Å². The first-order valence-electron chi connectivity index (χ1n) is 7.77. The number of aryl methyl sites for hydroxylation is 2. The normalized spacial score (nSPS) is 10.6. The van der Waals surface area contributed by atoms with Crippen LogP contribution >= 0.6 is 22.7 Å². The number of nitrogens with zero attached hydrogens (tertiary/aromatic N) is 1. The molecule has 25 heavy (non-hydrogen) atoms. The van der Waals surface area contributed by atoms with Gasteiger partial charge in [-0.2, -0.15) is 0 Å². The summed E-state index contributed by atoms with van der Waals surface area (Å²) in [5.74, 6) is -0.631. The van der Waals surface area contributed by atoms with Crippen molar-refractivity contribution >= 4 is 34.4 Å². The molecule has 0 fully saturated rings. The van der Waals surface area contributed by atoms with Gasteiger partial charge in [0.15, 0.2) is 6.61 Å². The Kier molecular flexibility index (Phi) is 5.40. The molecule has 0 spiro atoms. The number of hydrogen-bond donors (Lipinski definition) is 0. The number of benzene rings is 1. The number of carbonyl (C=O) groups is 2. The van der Waals surface area contributed by atoms with Crippen LogP contribution in [0.4, 0.5) is 0 Å². The number of Topliss-reactive ketones (excluding diaryl/α,β-unsaturated/α-hetero) is 1. The van der Waals surface area contributed by atoms with Crippen LogP contribution in [0.5, 0.6) is 0 Å². The average Bonchev–Trinajstić information content (AvgIpc) is 3.26. The predicted molar refractivity (Wildman–Crippen MR) is 100 cm³/mol. The molecule has 0 N–H and O–H groups in total. The third kappa shape index (κ3) is 4.41. The Bertz CT molecular complexity index is 897. The quantitative estimate of drug-likeness (QED) is 0.474. The highest BCUT2D eigenvalue weighted by Crippen LogP contribution is 2.27. The van der Waals surface area contributed by atoms with Gasteiger partial charge in [-0.25, -0.2) is 4.98 Å². The van der Waals surface area contributed by atoms with E-state index in [1.165, 1.54) is 11.3 Å². The second-order valence-electron chi connectivity index (χ2n) is 5.70. The molecule has 1 aromatic carbocycles. The van der Waals surface area contributed by atoms with Crippen LogP contribution in [0.25, 0.3) is 9.88 Å². The van der Waals surface area contributed by atoms with Crippen molar-refractivity contribution in [3.63, 3.8) is 0 Å². The summed E-state index contributed by atoms with van der Waals surface area (Å²) in [6.07, 6.45) is 0.0714. The molecule has 0 saturated heterocycles. The first-order chi connectivity index (χ1) is 12.0. The van der Waals surface area contributed by atoms with Crippen LogP contribution in [0.2, 0.25) is 0 Å². The zero-order valence-electron chi connectivity index (χ0n) is 13.9. The SMILES string of the molecule is Cc1ccc(C)c(C(=O)COC(=O)Cc2csc(-c3cccs3)n2)c1. The van der Waals surface area contributed by atoms with Crippen LogP contribution in [0, 0.1) is 13.8 Å². The molecule has 0 aliphatic rings. The molecule has 0 amide bonds.